The molecule has 0 radical (unpaired) electrons. The molecule has 0 aliphatic carbocycles. The van der Waals surface area contributed by atoms with Crippen LogP contribution in [-0.2, 0) is 6.54 Å². The number of hydrazine groups is 1. The number of alkyl halides is 2. The normalized spacial score (nSPS) is 10.6. The highest BCUT2D eigenvalue weighted by molar-refractivity contribution is 5.77. The molecule has 0 saturated heterocycles. The molecular weight excluding hydrogens is 432 g/mol. The zero-order valence-electron chi connectivity index (χ0n) is 17.7. The van der Waals surface area contributed by atoms with Crippen LogP contribution in [0.5, 0.6) is 0 Å². The van der Waals surface area contributed by atoms with Crippen molar-refractivity contribution >= 4 is 17.1 Å². The van der Waals surface area contributed by atoms with Crippen molar-refractivity contribution < 1.29 is 17.6 Å². The van der Waals surface area contributed by atoms with Crippen LogP contribution in [0.3, 0.4) is 0 Å². The van der Waals surface area contributed by atoms with Crippen molar-refractivity contribution in [3.05, 3.63) is 121 Å². The summed E-state index contributed by atoms with van der Waals surface area (Å²) < 4.78 is 54.0. The fraction of sp³-hybridized carbons (Fsp3) is 0.0800. The van der Waals surface area contributed by atoms with Gasteiger partial charge in [0, 0.05) is 40.5 Å². The van der Waals surface area contributed by atoms with E-state index >= 15 is 0 Å². The average molecular weight is 454 g/mol. The van der Waals surface area contributed by atoms with Gasteiger partial charge in [0.1, 0.15) is 11.6 Å². The maximum Gasteiger partial charge on any atom is 0.279 e. The first-order valence-corrected chi connectivity index (χ1v) is 9.85. The topological polar surface area (TPSA) is 40.2 Å². The molecule has 1 aromatic heterocycles. The Bertz CT molecular complexity index is 1160. The molecule has 170 valence electrons. The largest absolute Gasteiger partial charge is 0.337 e. The summed E-state index contributed by atoms with van der Waals surface area (Å²) in [5, 5.41) is 0. The van der Waals surface area contributed by atoms with Crippen molar-refractivity contribution in [1.82, 2.24) is 15.8 Å². The number of aromatic nitrogens is 1. The van der Waals surface area contributed by atoms with Crippen LogP contribution in [0.2, 0.25) is 0 Å². The monoisotopic (exact) mass is 454 g/mol. The van der Waals surface area contributed by atoms with Crippen LogP contribution in [0, 0.1) is 11.6 Å². The second kappa shape index (κ2) is 10.5. The number of allylic oxidation sites excluding steroid dienone is 1. The van der Waals surface area contributed by atoms with E-state index in [1.165, 1.54) is 18.2 Å². The summed E-state index contributed by atoms with van der Waals surface area (Å²) in [6, 6.07) is 13.8. The molecule has 3 aromatic rings. The Balaban J connectivity index is 1.85. The minimum Gasteiger partial charge on any atom is -0.337 e. The Labute approximate surface area is 189 Å². The summed E-state index contributed by atoms with van der Waals surface area (Å²) in [7, 11) is 0. The molecule has 0 aliphatic heterocycles. The van der Waals surface area contributed by atoms with Crippen LogP contribution in [0.15, 0.2) is 92.4 Å². The van der Waals surface area contributed by atoms with Gasteiger partial charge in [-0.3, -0.25) is 10.4 Å². The van der Waals surface area contributed by atoms with Crippen molar-refractivity contribution in [1.29, 1.82) is 0 Å². The molecule has 0 saturated carbocycles. The molecule has 4 nitrogen and oxygen atoms in total. The number of hydrogen-bond acceptors (Lipinski definition) is 4. The Morgan fingerprint density at radius 2 is 1.64 bits per heavy atom. The van der Waals surface area contributed by atoms with Crippen molar-refractivity contribution in [2.45, 2.75) is 13.0 Å². The van der Waals surface area contributed by atoms with Crippen molar-refractivity contribution in [2.75, 3.05) is 4.90 Å². The van der Waals surface area contributed by atoms with Crippen LogP contribution in [0.1, 0.15) is 16.7 Å². The van der Waals surface area contributed by atoms with E-state index in [1.54, 1.807) is 53.7 Å². The molecule has 0 aliphatic rings. The first kappa shape index (κ1) is 23.6. The van der Waals surface area contributed by atoms with E-state index in [9.17, 15) is 17.6 Å². The number of nitrogens with one attached hydrogen (secondary N) is 2. The number of benzene rings is 2. The molecule has 2 N–H and O–H groups in total. The predicted molar refractivity (Wildman–Crippen MR) is 123 cm³/mol. The highest BCUT2D eigenvalue weighted by atomic mass is 19.3. The van der Waals surface area contributed by atoms with Gasteiger partial charge in [-0.2, -0.15) is 0 Å². The van der Waals surface area contributed by atoms with E-state index in [4.69, 9.17) is 0 Å². The molecule has 8 heteroatoms. The van der Waals surface area contributed by atoms with Crippen LogP contribution in [0.4, 0.5) is 23.2 Å². The van der Waals surface area contributed by atoms with Gasteiger partial charge < -0.3 is 10.3 Å². The van der Waals surface area contributed by atoms with Gasteiger partial charge in [-0.1, -0.05) is 37.9 Å². The summed E-state index contributed by atoms with van der Waals surface area (Å²) in [6.45, 7) is 11.1. The van der Waals surface area contributed by atoms with E-state index in [0.717, 1.165) is 5.56 Å². The minimum absolute atomic E-state index is 0.0665. The van der Waals surface area contributed by atoms with E-state index < -0.39 is 23.8 Å². The van der Waals surface area contributed by atoms with Gasteiger partial charge in [-0.05, 0) is 36.4 Å². The van der Waals surface area contributed by atoms with Gasteiger partial charge >= 0.3 is 0 Å². The first-order valence-electron chi connectivity index (χ1n) is 9.85. The molecule has 0 unspecified atom stereocenters. The molecule has 33 heavy (non-hydrogen) atoms. The van der Waals surface area contributed by atoms with Crippen LogP contribution in [-0.4, -0.2) is 11.4 Å². The lowest BCUT2D eigenvalue weighted by Gasteiger charge is -2.27. The third-order valence-corrected chi connectivity index (χ3v) is 4.83. The van der Waals surface area contributed by atoms with E-state index in [2.05, 4.69) is 35.6 Å². The van der Waals surface area contributed by atoms with Gasteiger partial charge in [-0.15, -0.1) is 0 Å². The SMILES string of the molecule is C=C(NNC(=C)C(F)F)c1ccc(CN(C(=C)c2ccncc2)c2cccc(F)c2)c(F)c1. The van der Waals surface area contributed by atoms with E-state index in [1.807, 2.05) is 0 Å². The highest BCUT2D eigenvalue weighted by Gasteiger charge is 2.17. The van der Waals surface area contributed by atoms with Gasteiger partial charge in [0.25, 0.3) is 6.43 Å². The fourth-order valence-electron chi connectivity index (χ4n) is 3.00. The third-order valence-electron chi connectivity index (χ3n) is 4.83. The van der Waals surface area contributed by atoms with Gasteiger partial charge in [0.2, 0.25) is 0 Å². The molecule has 0 amide bonds. The second-order valence-corrected chi connectivity index (χ2v) is 7.11. The summed E-state index contributed by atoms with van der Waals surface area (Å²) in [5.41, 5.74) is 6.81. The standard InChI is InChI=1S/C25H22F4N4/c1-16(31-32-17(2)25(28)29)20-7-8-21(24(27)13-20)15-33(23-6-4-5-22(26)14-23)18(3)19-9-11-30-12-10-19/h4-14,25,31-32H,1-3,15H2. The molecule has 1 heterocycles. The van der Waals surface area contributed by atoms with Crippen LogP contribution >= 0.6 is 0 Å². The van der Waals surface area contributed by atoms with E-state index in [-0.39, 0.29) is 12.2 Å². The summed E-state index contributed by atoms with van der Waals surface area (Å²) in [4.78, 5) is 5.68. The van der Waals surface area contributed by atoms with Crippen molar-refractivity contribution in [3.63, 3.8) is 0 Å². The summed E-state index contributed by atoms with van der Waals surface area (Å²) in [6.07, 6.45) is 0.455. The highest BCUT2D eigenvalue weighted by Crippen LogP contribution is 2.29. The van der Waals surface area contributed by atoms with Gasteiger partial charge in [0.15, 0.2) is 0 Å². The second-order valence-electron chi connectivity index (χ2n) is 7.11. The molecule has 0 bridgehead atoms. The molecule has 0 fully saturated rings. The summed E-state index contributed by atoms with van der Waals surface area (Å²) in [5.74, 6) is -0.983. The quantitative estimate of drug-likeness (QED) is 0.296. The zero-order valence-corrected chi connectivity index (χ0v) is 17.7. The van der Waals surface area contributed by atoms with Gasteiger partial charge in [0.05, 0.1) is 17.9 Å². The number of rotatable bonds is 10. The third kappa shape index (κ3) is 6.00. The maximum atomic E-state index is 15.0. The number of anilines is 1. The smallest absolute Gasteiger partial charge is 0.279 e. The average Bonchev–Trinajstić information content (AvgIpc) is 2.81. The number of hydrogen-bond donors (Lipinski definition) is 2. The Morgan fingerprint density at radius 3 is 2.27 bits per heavy atom. The maximum absolute atomic E-state index is 15.0. The predicted octanol–water partition coefficient (Wildman–Crippen LogP) is 5.88. The number of pyridine rings is 1. The Morgan fingerprint density at radius 1 is 0.909 bits per heavy atom. The lowest BCUT2D eigenvalue weighted by atomic mass is 10.1. The Hall–Kier alpha value is -4.07. The van der Waals surface area contributed by atoms with Crippen LogP contribution in [0.25, 0.3) is 11.4 Å². The van der Waals surface area contributed by atoms with E-state index in [0.29, 0.717) is 22.5 Å². The fourth-order valence-corrected chi connectivity index (χ4v) is 3.00. The van der Waals surface area contributed by atoms with Crippen LogP contribution < -0.4 is 15.8 Å². The minimum atomic E-state index is -2.76. The first-order chi connectivity index (χ1) is 15.8. The molecule has 2 aromatic carbocycles. The molecular formula is C25H22F4N4. The van der Waals surface area contributed by atoms with Crippen molar-refractivity contribution in [2.24, 2.45) is 0 Å². The lowest BCUT2D eigenvalue weighted by Crippen LogP contribution is -2.31. The van der Waals surface area contributed by atoms with Crippen molar-refractivity contribution in [3.8, 4) is 0 Å². The summed E-state index contributed by atoms with van der Waals surface area (Å²) >= 11 is 0. The molecule has 3 rings (SSSR count). The number of halogens is 4. The van der Waals surface area contributed by atoms with Gasteiger partial charge in [-0.25, -0.2) is 17.6 Å². The Kier molecular flexibility index (Phi) is 7.50. The zero-order chi connectivity index (χ0) is 24.0. The molecule has 0 spiro atoms. The molecule has 0 atom stereocenters. The lowest BCUT2D eigenvalue weighted by molar-refractivity contribution is 0.179. The number of nitrogens with zero attached hydrogens (tertiary/aromatic N) is 2.